The zero-order valence-corrected chi connectivity index (χ0v) is 19.5. The number of hydrogen-bond acceptors (Lipinski definition) is 7. The molecule has 11 heteroatoms. The molecule has 0 radical (unpaired) electrons. The Hall–Kier alpha value is -2.91. The third kappa shape index (κ3) is 4.60. The van der Waals surface area contributed by atoms with Crippen molar-refractivity contribution in [2.75, 3.05) is 49.1 Å². The van der Waals surface area contributed by atoms with Gasteiger partial charge in [-0.25, -0.2) is 19.6 Å². The van der Waals surface area contributed by atoms with Gasteiger partial charge in [0.15, 0.2) is 5.82 Å². The fourth-order valence-corrected chi connectivity index (χ4v) is 4.90. The second kappa shape index (κ2) is 9.52. The van der Waals surface area contributed by atoms with Crippen LogP contribution in [-0.2, 0) is 4.79 Å². The van der Waals surface area contributed by atoms with Crippen LogP contribution in [0.5, 0.6) is 0 Å². The van der Waals surface area contributed by atoms with E-state index in [-0.39, 0.29) is 11.8 Å². The van der Waals surface area contributed by atoms with E-state index in [0.717, 1.165) is 50.5 Å². The fraction of sp³-hybridized carbons (Fsp3) is 0.409. The van der Waals surface area contributed by atoms with Gasteiger partial charge in [-0.05, 0) is 25.0 Å². The highest BCUT2D eigenvalue weighted by molar-refractivity contribution is 6.43. The summed E-state index contributed by atoms with van der Waals surface area (Å²) >= 11 is 12.5. The third-order valence-corrected chi connectivity index (χ3v) is 7.13. The number of carbonyl (C=O) groups is 1. The lowest BCUT2D eigenvalue weighted by atomic mass is 9.95. The molecule has 2 aromatic heterocycles. The summed E-state index contributed by atoms with van der Waals surface area (Å²) in [6, 6.07) is 7.57. The topological polar surface area (TPSA) is 83.3 Å². The van der Waals surface area contributed by atoms with Gasteiger partial charge in [0.2, 0.25) is 5.91 Å². The van der Waals surface area contributed by atoms with E-state index >= 15 is 0 Å². The maximum Gasteiger partial charge on any atom is 0.225 e. The second-order valence-electron chi connectivity index (χ2n) is 8.22. The number of nitrogens with zero attached hydrogens (tertiary/aromatic N) is 8. The first-order chi connectivity index (χ1) is 16.1. The van der Waals surface area contributed by atoms with Gasteiger partial charge < -0.3 is 14.7 Å². The normalized spacial score (nSPS) is 17.5. The van der Waals surface area contributed by atoms with Crippen LogP contribution in [0, 0.1) is 5.92 Å². The van der Waals surface area contributed by atoms with Gasteiger partial charge in [0, 0.05) is 51.3 Å². The second-order valence-corrected chi connectivity index (χ2v) is 9.01. The maximum absolute atomic E-state index is 13.2. The molecular weight excluding hydrogens is 463 g/mol. The molecule has 0 unspecified atom stereocenters. The molecule has 2 aliphatic heterocycles. The first-order valence-electron chi connectivity index (χ1n) is 11.0. The Morgan fingerprint density at radius 3 is 2.39 bits per heavy atom. The van der Waals surface area contributed by atoms with Crippen molar-refractivity contribution in [3.05, 3.63) is 53.3 Å². The summed E-state index contributed by atoms with van der Waals surface area (Å²) in [5.74, 6) is 1.80. The summed E-state index contributed by atoms with van der Waals surface area (Å²) in [7, 11) is 0. The molecule has 0 spiro atoms. The summed E-state index contributed by atoms with van der Waals surface area (Å²) in [6.45, 7) is 4.43. The molecule has 1 amide bonds. The fourth-order valence-electron chi connectivity index (χ4n) is 4.48. The van der Waals surface area contributed by atoms with E-state index in [2.05, 4.69) is 29.9 Å². The Labute approximate surface area is 201 Å². The molecule has 2 saturated heterocycles. The van der Waals surface area contributed by atoms with Crippen molar-refractivity contribution in [2.24, 2.45) is 5.92 Å². The highest BCUT2D eigenvalue weighted by atomic mass is 35.5. The number of carbonyl (C=O) groups excluding carboxylic acids is 1. The average Bonchev–Trinajstić information content (AvgIpc) is 3.41. The predicted octanol–water partition coefficient (Wildman–Crippen LogP) is 2.93. The van der Waals surface area contributed by atoms with E-state index in [1.807, 2.05) is 23.1 Å². The zero-order valence-electron chi connectivity index (χ0n) is 18.0. The highest BCUT2D eigenvalue weighted by Crippen LogP contribution is 2.33. The number of piperidine rings is 1. The molecule has 2 aliphatic rings. The van der Waals surface area contributed by atoms with Gasteiger partial charge in [-0.1, -0.05) is 29.3 Å². The van der Waals surface area contributed by atoms with Crippen molar-refractivity contribution in [3.8, 4) is 5.82 Å². The zero-order chi connectivity index (χ0) is 22.8. The van der Waals surface area contributed by atoms with E-state index in [1.54, 1.807) is 17.1 Å². The molecular formula is C22H24Cl2N8O. The number of piperazine rings is 1. The Kier molecular flexibility index (Phi) is 6.32. The number of benzene rings is 1. The van der Waals surface area contributed by atoms with Crippen molar-refractivity contribution in [3.63, 3.8) is 0 Å². The Morgan fingerprint density at radius 1 is 0.909 bits per heavy atom. The summed E-state index contributed by atoms with van der Waals surface area (Å²) < 4.78 is 1.61. The first kappa shape index (κ1) is 21.9. The summed E-state index contributed by atoms with van der Waals surface area (Å²) in [6.07, 6.45) is 6.23. The van der Waals surface area contributed by atoms with Crippen LogP contribution in [0.15, 0.2) is 43.2 Å². The van der Waals surface area contributed by atoms with Crippen LogP contribution in [0.25, 0.3) is 5.82 Å². The number of rotatable bonds is 4. The van der Waals surface area contributed by atoms with Gasteiger partial charge >= 0.3 is 0 Å². The van der Waals surface area contributed by atoms with Crippen LogP contribution in [0.1, 0.15) is 12.8 Å². The smallest absolute Gasteiger partial charge is 0.225 e. The average molecular weight is 487 g/mol. The maximum atomic E-state index is 13.2. The molecule has 9 nitrogen and oxygen atoms in total. The van der Waals surface area contributed by atoms with E-state index < -0.39 is 0 Å². The van der Waals surface area contributed by atoms with Crippen LogP contribution in [-0.4, -0.2) is 74.8 Å². The molecule has 0 saturated carbocycles. The van der Waals surface area contributed by atoms with E-state index in [4.69, 9.17) is 23.2 Å². The van der Waals surface area contributed by atoms with Crippen LogP contribution in [0.4, 0.5) is 11.5 Å². The van der Waals surface area contributed by atoms with Crippen LogP contribution in [0.2, 0.25) is 10.0 Å². The molecule has 2 fully saturated rings. The van der Waals surface area contributed by atoms with Gasteiger partial charge in [-0.2, -0.15) is 5.10 Å². The molecule has 5 rings (SSSR count). The Morgan fingerprint density at radius 2 is 1.67 bits per heavy atom. The lowest BCUT2D eigenvalue weighted by Gasteiger charge is -2.39. The largest absolute Gasteiger partial charge is 0.367 e. The molecule has 0 bridgehead atoms. The van der Waals surface area contributed by atoms with Crippen molar-refractivity contribution < 1.29 is 4.79 Å². The Balaban J connectivity index is 1.16. The highest BCUT2D eigenvalue weighted by Gasteiger charge is 2.31. The predicted molar refractivity (Wildman–Crippen MR) is 127 cm³/mol. The minimum Gasteiger partial charge on any atom is -0.367 e. The number of aromatic nitrogens is 5. The summed E-state index contributed by atoms with van der Waals surface area (Å²) in [4.78, 5) is 32.2. The van der Waals surface area contributed by atoms with Gasteiger partial charge in [0.05, 0.1) is 15.7 Å². The van der Waals surface area contributed by atoms with Crippen molar-refractivity contribution in [2.45, 2.75) is 12.8 Å². The lowest BCUT2D eigenvalue weighted by molar-refractivity contribution is -0.136. The van der Waals surface area contributed by atoms with Crippen molar-refractivity contribution >= 4 is 40.6 Å². The molecule has 0 N–H and O–H groups in total. The van der Waals surface area contributed by atoms with Gasteiger partial charge in [-0.3, -0.25) is 4.79 Å². The van der Waals surface area contributed by atoms with Gasteiger partial charge in [-0.15, -0.1) is 0 Å². The quantitative estimate of drug-likeness (QED) is 0.560. The minimum absolute atomic E-state index is 0.0409. The molecule has 4 heterocycles. The number of hydrogen-bond donors (Lipinski definition) is 0. The van der Waals surface area contributed by atoms with Crippen LogP contribution < -0.4 is 9.80 Å². The Bertz CT molecular complexity index is 1110. The summed E-state index contributed by atoms with van der Waals surface area (Å²) in [5.41, 5.74) is 0.930. The molecule has 33 heavy (non-hydrogen) atoms. The standard InChI is InChI=1S/C22H24Cl2N8O/c23-17-2-1-3-18(21(17)24)29-8-10-31(11-9-29)22(33)16-4-6-30(7-5-16)19-12-20(27-14-26-19)32-15-25-13-28-32/h1-3,12-16H,4-11H2. The molecule has 172 valence electrons. The minimum atomic E-state index is 0.0409. The number of amides is 1. The molecule has 1 aromatic carbocycles. The van der Waals surface area contributed by atoms with Gasteiger partial charge in [0.25, 0.3) is 0 Å². The van der Waals surface area contributed by atoms with Crippen LogP contribution in [0.3, 0.4) is 0 Å². The van der Waals surface area contributed by atoms with E-state index in [0.29, 0.717) is 29.0 Å². The van der Waals surface area contributed by atoms with E-state index in [9.17, 15) is 4.79 Å². The monoisotopic (exact) mass is 486 g/mol. The summed E-state index contributed by atoms with van der Waals surface area (Å²) in [5, 5.41) is 5.25. The van der Waals surface area contributed by atoms with E-state index in [1.165, 1.54) is 12.7 Å². The number of anilines is 2. The van der Waals surface area contributed by atoms with Gasteiger partial charge in [0.1, 0.15) is 24.8 Å². The number of halogens is 2. The molecule has 3 aromatic rings. The van der Waals surface area contributed by atoms with Crippen molar-refractivity contribution in [1.29, 1.82) is 0 Å². The lowest BCUT2D eigenvalue weighted by Crippen LogP contribution is -2.51. The first-order valence-corrected chi connectivity index (χ1v) is 11.8. The van der Waals surface area contributed by atoms with Crippen LogP contribution >= 0.6 is 23.2 Å². The molecule has 0 atom stereocenters. The van der Waals surface area contributed by atoms with Crippen molar-refractivity contribution in [1.82, 2.24) is 29.6 Å². The SMILES string of the molecule is O=C(C1CCN(c2cc(-n3cncn3)ncn2)CC1)N1CCN(c2cccc(Cl)c2Cl)CC1. The third-order valence-electron chi connectivity index (χ3n) is 6.32. The molecule has 0 aliphatic carbocycles.